The summed E-state index contributed by atoms with van der Waals surface area (Å²) in [5.74, 6) is -2.51. The van der Waals surface area contributed by atoms with Crippen LogP contribution in [0, 0.1) is 0 Å². The van der Waals surface area contributed by atoms with Gasteiger partial charge in [-0.15, -0.1) is 0 Å². The Hall–Kier alpha value is 0.874. The van der Waals surface area contributed by atoms with E-state index in [1.165, 1.54) is 0 Å². The molecule has 0 aromatic heterocycles. The number of carboxylic acid groups (broad SMARTS) is 2. The van der Waals surface area contributed by atoms with Crippen molar-refractivity contribution < 1.29 is 25.3 Å². The summed E-state index contributed by atoms with van der Waals surface area (Å²) in [5, 5.41) is 15.6. The van der Waals surface area contributed by atoms with Crippen LogP contribution in [0.3, 0.4) is 0 Å². The summed E-state index contributed by atoms with van der Waals surface area (Å²) in [4.78, 5) is 19.1. The zero-order chi connectivity index (χ0) is 6.57. The van der Waals surface area contributed by atoms with Crippen LogP contribution >= 0.6 is 0 Å². The van der Waals surface area contributed by atoms with Crippen molar-refractivity contribution in [2.24, 2.45) is 0 Å². The molecular formula is C4H8KLiO5. The predicted molar refractivity (Wildman–Crippen MR) is 42.3 cm³/mol. The molecule has 0 aliphatic rings. The van der Waals surface area contributed by atoms with Gasteiger partial charge < -0.3 is 15.7 Å². The first kappa shape index (κ1) is 22.6. The van der Waals surface area contributed by atoms with Gasteiger partial charge in [0.15, 0.2) is 0 Å². The Morgan fingerprint density at radius 3 is 1.27 bits per heavy atom. The Balaban J connectivity index is -0.0000000817. The number of rotatable bonds is 2. The van der Waals surface area contributed by atoms with Gasteiger partial charge in [0, 0.05) is 12.2 Å². The first-order valence-corrected chi connectivity index (χ1v) is 1.77. The molecule has 0 spiro atoms. The Morgan fingerprint density at radius 1 is 1.00 bits per heavy atom. The molecule has 0 aromatic rings. The Morgan fingerprint density at radius 2 is 1.18 bits per heavy atom. The van der Waals surface area contributed by atoms with Crippen molar-refractivity contribution in [1.29, 1.82) is 0 Å². The summed E-state index contributed by atoms with van der Waals surface area (Å²) < 4.78 is 0. The van der Waals surface area contributed by atoms with Crippen molar-refractivity contribution in [3.8, 4) is 0 Å². The third-order valence-electron chi connectivity index (χ3n) is 0.368. The molecule has 0 aromatic carbocycles. The van der Waals surface area contributed by atoms with Crippen molar-refractivity contribution in [2.45, 2.75) is 0 Å². The first-order chi connectivity index (χ1) is 3.63. The topological polar surface area (TPSA) is 106 Å². The van der Waals surface area contributed by atoms with Crippen LogP contribution in [0.2, 0.25) is 0 Å². The van der Waals surface area contributed by atoms with Crippen LogP contribution in [0.4, 0.5) is 0 Å². The van der Waals surface area contributed by atoms with Crippen molar-refractivity contribution in [1.82, 2.24) is 0 Å². The van der Waals surface area contributed by atoms with Crippen LogP contribution in [0.15, 0.2) is 12.2 Å². The molecule has 0 saturated carbocycles. The zero-order valence-corrected chi connectivity index (χ0v) is 4.37. The molecule has 0 heterocycles. The van der Waals surface area contributed by atoms with Gasteiger partial charge in [-0.2, -0.15) is 0 Å². The third kappa shape index (κ3) is 24.8. The number of carboxylic acids is 2. The summed E-state index contributed by atoms with van der Waals surface area (Å²) in [5.41, 5.74) is 0. The van der Waals surface area contributed by atoms with Crippen molar-refractivity contribution >= 4 is 82.2 Å². The molecule has 56 valence electrons. The van der Waals surface area contributed by atoms with Gasteiger partial charge in [0.25, 0.3) is 0 Å². The quantitative estimate of drug-likeness (QED) is 0.366. The minimum absolute atomic E-state index is 0. The van der Waals surface area contributed by atoms with Gasteiger partial charge in [-0.05, 0) is 0 Å². The fraction of sp³-hybridized carbons (Fsp3) is 0. The summed E-state index contributed by atoms with van der Waals surface area (Å²) in [6.07, 6.45) is 1.12. The molecule has 0 radical (unpaired) electrons. The van der Waals surface area contributed by atoms with Crippen molar-refractivity contribution in [3.63, 3.8) is 0 Å². The molecule has 5 nitrogen and oxygen atoms in total. The van der Waals surface area contributed by atoms with Gasteiger partial charge in [0.05, 0.1) is 0 Å². The van der Waals surface area contributed by atoms with Gasteiger partial charge in [0.2, 0.25) is 0 Å². The molecule has 0 rings (SSSR count). The second-order valence-corrected chi connectivity index (χ2v) is 1.01. The Bertz CT molecular complexity index is 129. The standard InChI is InChI=1S/C4H4O4.K.Li.H2O.2H/c5-3(6)1-2-4(7)8;;;;;/h1-2H,(H,5,6)(H,7,8);;;1H2;;/b2-1+;;;;;. The van der Waals surface area contributed by atoms with E-state index in [0.29, 0.717) is 12.2 Å². The van der Waals surface area contributed by atoms with Crippen LogP contribution in [-0.2, 0) is 9.59 Å². The van der Waals surface area contributed by atoms with E-state index in [0.717, 1.165) is 0 Å². The van der Waals surface area contributed by atoms with Gasteiger partial charge in [-0.25, -0.2) is 9.59 Å². The normalized spacial score (nSPS) is 6.91. The minimum atomic E-state index is -1.26. The third-order valence-corrected chi connectivity index (χ3v) is 0.368. The number of aliphatic carboxylic acids is 2. The molecule has 0 amide bonds. The van der Waals surface area contributed by atoms with Gasteiger partial charge >= 0.3 is 82.2 Å². The van der Waals surface area contributed by atoms with E-state index < -0.39 is 11.9 Å². The molecule has 0 unspecified atom stereocenters. The Labute approximate surface area is 118 Å². The van der Waals surface area contributed by atoms with Crippen LogP contribution in [0.25, 0.3) is 0 Å². The number of hydrogen-bond acceptors (Lipinski definition) is 2. The average molecular weight is 182 g/mol. The second kappa shape index (κ2) is 13.5. The maximum absolute atomic E-state index is 9.55. The summed E-state index contributed by atoms with van der Waals surface area (Å²) in [7, 11) is 0. The van der Waals surface area contributed by atoms with Crippen LogP contribution in [-0.4, -0.2) is 97.9 Å². The SMILES string of the molecule is O.O=C(O)/C=C/C(=O)O.[KH].[LiH]. The van der Waals surface area contributed by atoms with E-state index in [9.17, 15) is 9.59 Å². The van der Waals surface area contributed by atoms with Gasteiger partial charge in [0.1, 0.15) is 0 Å². The summed E-state index contributed by atoms with van der Waals surface area (Å²) in [6, 6.07) is 0. The second-order valence-electron chi connectivity index (χ2n) is 1.01. The van der Waals surface area contributed by atoms with Crippen LogP contribution in [0.5, 0.6) is 0 Å². The van der Waals surface area contributed by atoms with Crippen molar-refractivity contribution in [2.75, 3.05) is 0 Å². The summed E-state index contributed by atoms with van der Waals surface area (Å²) in [6.45, 7) is 0. The Kier molecular flexibility index (Phi) is 27.7. The fourth-order valence-electron chi connectivity index (χ4n) is 0.143. The monoisotopic (exact) mass is 182 g/mol. The predicted octanol–water partition coefficient (Wildman–Crippen LogP) is -2.41. The molecule has 4 N–H and O–H groups in total. The number of hydrogen-bond donors (Lipinski definition) is 2. The molecule has 11 heavy (non-hydrogen) atoms. The summed E-state index contributed by atoms with van der Waals surface area (Å²) >= 11 is 0. The molecule has 0 aliphatic carbocycles. The first-order valence-electron chi connectivity index (χ1n) is 1.77. The molecule has 0 aliphatic heterocycles. The van der Waals surface area contributed by atoms with Gasteiger partial charge in [-0.3, -0.25) is 0 Å². The van der Waals surface area contributed by atoms with E-state index >= 15 is 0 Å². The average Bonchev–Trinajstić information content (AvgIpc) is 1.61. The maximum atomic E-state index is 9.55. The van der Waals surface area contributed by atoms with E-state index in [1.807, 2.05) is 0 Å². The van der Waals surface area contributed by atoms with E-state index in [4.69, 9.17) is 10.2 Å². The van der Waals surface area contributed by atoms with Gasteiger partial charge in [-0.1, -0.05) is 0 Å². The van der Waals surface area contributed by atoms with E-state index in [-0.39, 0.29) is 75.7 Å². The fourth-order valence-corrected chi connectivity index (χ4v) is 0.143. The van der Waals surface area contributed by atoms with Crippen molar-refractivity contribution in [3.05, 3.63) is 12.2 Å². The molecule has 0 atom stereocenters. The van der Waals surface area contributed by atoms with Crippen LogP contribution in [0.1, 0.15) is 0 Å². The molecule has 0 bridgehead atoms. The number of carbonyl (C=O) groups is 2. The molecular weight excluding hydrogens is 174 g/mol. The molecule has 0 fully saturated rings. The molecule has 7 heteroatoms. The molecule has 0 saturated heterocycles. The zero-order valence-electron chi connectivity index (χ0n) is 4.37. The van der Waals surface area contributed by atoms with Crippen LogP contribution < -0.4 is 0 Å². The van der Waals surface area contributed by atoms with E-state index in [2.05, 4.69) is 0 Å². The van der Waals surface area contributed by atoms with E-state index in [1.54, 1.807) is 0 Å².